The number of ether oxygens (including phenoxy) is 4. The molecule has 0 aliphatic carbocycles. The number of methoxy groups -OCH3 is 2. The third kappa shape index (κ3) is 7.37. The van der Waals surface area contributed by atoms with E-state index in [1.807, 2.05) is 44.2 Å². The number of thioether (sulfide) groups is 1. The Morgan fingerprint density at radius 1 is 1.17 bits per heavy atom. The molecule has 3 rings (SSSR count). The lowest BCUT2D eigenvalue weighted by Gasteiger charge is -2.16. The lowest BCUT2D eigenvalue weighted by atomic mass is 10.1. The van der Waals surface area contributed by atoms with Gasteiger partial charge in [0.25, 0.3) is 5.91 Å². The van der Waals surface area contributed by atoms with Crippen molar-refractivity contribution >= 4 is 40.4 Å². The summed E-state index contributed by atoms with van der Waals surface area (Å²) < 4.78 is 26.7. The van der Waals surface area contributed by atoms with E-state index < -0.39 is 5.91 Å². The minimum absolute atomic E-state index is 0.112. The highest BCUT2D eigenvalue weighted by molar-refractivity contribution is 7.99. The number of nitriles is 1. The van der Waals surface area contributed by atoms with Crippen LogP contribution in [0, 0.1) is 18.3 Å². The summed E-state index contributed by atoms with van der Waals surface area (Å²) >= 11 is 2.52. The van der Waals surface area contributed by atoms with Gasteiger partial charge in [-0.3, -0.25) is 10.1 Å². The molecule has 0 saturated heterocycles. The summed E-state index contributed by atoms with van der Waals surface area (Å²) in [6.07, 6.45) is 1.44. The number of benzene rings is 2. The second kappa shape index (κ2) is 13.4. The molecule has 0 saturated carbocycles. The Hall–Kier alpha value is -3.75. The fourth-order valence-corrected chi connectivity index (χ4v) is 4.33. The van der Waals surface area contributed by atoms with Crippen LogP contribution in [-0.2, 0) is 4.79 Å². The average Bonchev–Trinajstić information content (AvgIpc) is 3.31. The summed E-state index contributed by atoms with van der Waals surface area (Å²) in [5, 5.41) is 13.1. The maximum absolute atomic E-state index is 12.6. The highest BCUT2D eigenvalue weighted by atomic mass is 32.2. The first-order chi connectivity index (χ1) is 17.5. The summed E-state index contributed by atoms with van der Waals surface area (Å²) in [5.41, 5.74) is 1.52. The summed E-state index contributed by atoms with van der Waals surface area (Å²) in [5.74, 6) is 2.15. The maximum Gasteiger partial charge on any atom is 0.268 e. The van der Waals surface area contributed by atoms with Gasteiger partial charge in [0.1, 0.15) is 30.6 Å². The number of carbonyl (C=O) groups excluding carboxylic acids is 1. The van der Waals surface area contributed by atoms with Crippen LogP contribution in [0.15, 0.2) is 47.1 Å². The van der Waals surface area contributed by atoms with Crippen molar-refractivity contribution in [3.63, 3.8) is 0 Å². The number of hydrogen-bond donors (Lipinski definition) is 1. The van der Waals surface area contributed by atoms with Gasteiger partial charge in [-0.25, -0.2) is 0 Å². The third-order valence-electron chi connectivity index (χ3n) is 4.65. The van der Waals surface area contributed by atoms with E-state index in [0.717, 1.165) is 28.6 Å². The van der Waals surface area contributed by atoms with Gasteiger partial charge >= 0.3 is 0 Å². The lowest BCUT2D eigenvalue weighted by Crippen LogP contribution is -2.13. The van der Waals surface area contributed by atoms with Gasteiger partial charge in [0.05, 0.1) is 14.2 Å². The van der Waals surface area contributed by atoms with E-state index in [-0.39, 0.29) is 12.2 Å². The molecule has 1 N–H and O–H groups in total. The standard InChI is InChI=1S/C25H26N4O5S2/c1-5-35-25-28-24(36-29-25)27-23(30)18(15-26)12-17-13-20(31-3)22(21(14-17)32-4)34-10-9-33-19-8-6-7-16(2)11-19/h6-8,11-14H,5,9-10H2,1-4H3,(H,27,28,29,30)/b18-12-. The first-order valence-corrected chi connectivity index (χ1v) is 12.7. The fraction of sp³-hybridized carbons (Fsp3) is 0.280. The van der Waals surface area contributed by atoms with Gasteiger partial charge in [-0.15, -0.1) is 0 Å². The maximum atomic E-state index is 12.6. The van der Waals surface area contributed by atoms with Crippen LogP contribution >= 0.6 is 23.3 Å². The fourth-order valence-electron chi connectivity index (χ4n) is 3.06. The molecule has 0 radical (unpaired) electrons. The van der Waals surface area contributed by atoms with Crippen molar-refractivity contribution in [2.75, 3.05) is 38.5 Å². The number of aromatic nitrogens is 2. The number of anilines is 1. The molecule has 188 valence electrons. The van der Waals surface area contributed by atoms with E-state index in [1.54, 1.807) is 12.1 Å². The lowest BCUT2D eigenvalue weighted by molar-refractivity contribution is -0.112. The quantitative estimate of drug-likeness (QED) is 0.151. The van der Waals surface area contributed by atoms with Crippen molar-refractivity contribution < 1.29 is 23.7 Å². The van der Waals surface area contributed by atoms with Crippen molar-refractivity contribution in [1.29, 1.82) is 5.26 Å². The van der Waals surface area contributed by atoms with Crippen LogP contribution in [0.2, 0.25) is 0 Å². The predicted molar refractivity (Wildman–Crippen MR) is 140 cm³/mol. The Morgan fingerprint density at radius 3 is 2.53 bits per heavy atom. The van der Waals surface area contributed by atoms with Gasteiger partial charge in [0.15, 0.2) is 11.5 Å². The molecule has 11 heteroatoms. The number of aryl methyl sites for hydroxylation is 1. The zero-order chi connectivity index (χ0) is 25.9. The van der Waals surface area contributed by atoms with Crippen molar-refractivity contribution in [3.8, 4) is 29.1 Å². The van der Waals surface area contributed by atoms with Gasteiger partial charge in [-0.2, -0.15) is 14.6 Å². The van der Waals surface area contributed by atoms with Crippen molar-refractivity contribution in [2.45, 2.75) is 19.0 Å². The Bertz CT molecular complexity index is 1240. The highest BCUT2D eigenvalue weighted by Crippen LogP contribution is 2.39. The normalized spacial score (nSPS) is 10.9. The molecule has 0 bridgehead atoms. The smallest absolute Gasteiger partial charge is 0.268 e. The summed E-state index contributed by atoms with van der Waals surface area (Å²) in [6.45, 7) is 4.55. The van der Waals surface area contributed by atoms with Crippen LogP contribution in [0.25, 0.3) is 6.08 Å². The number of hydrogen-bond acceptors (Lipinski definition) is 10. The van der Waals surface area contributed by atoms with Crippen LogP contribution in [-0.4, -0.2) is 48.5 Å². The van der Waals surface area contributed by atoms with E-state index in [0.29, 0.717) is 39.7 Å². The molecule has 36 heavy (non-hydrogen) atoms. The van der Waals surface area contributed by atoms with Gasteiger partial charge in [-0.1, -0.05) is 30.8 Å². The van der Waals surface area contributed by atoms with Gasteiger partial charge in [-0.05, 0) is 54.1 Å². The monoisotopic (exact) mass is 526 g/mol. The van der Waals surface area contributed by atoms with E-state index in [4.69, 9.17) is 18.9 Å². The third-order valence-corrected chi connectivity index (χ3v) is 6.12. The van der Waals surface area contributed by atoms with Crippen LogP contribution in [0.5, 0.6) is 23.0 Å². The number of nitrogens with one attached hydrogen (secondary N) is 1. The zero-order valence-corrected chi connectivity index (χ0v) is 22.0. The van der Waals surface area contributed by atoms with Gasteiger partial charge in [0, 0.05) is 11.5 Å². The first-order valence-electron chi connectivity index (χ1n) is 10.9. The van der Waals surface area contributed by atoms with Crippen molar-refractivity contribution in [2.24, 2.45) is 0 Å². The zero-order valence-electron chi connectivity index (χ0n) is 20.4. The van der Waals surface area contributed by atoms with E-state index in [1.165, 1.54) is 32.1 Å². The number of carbonyl (C=O) groups is 1. The molecule has 1 heterocycles. The summed E-state index contributed by atoms with van der Waals surface area (Å²) in [7, 11) is 3.00. The Labute approximate surface area is 218 Å². The molecule has 0 spiro atoms. The molecule has 3 aromatic rings. The SMILES string of the molecule is CCSc1nsc(NC(=O)/C(C#N)=C\c2cc(OC)c(OCCOc3cccc(C)c3)c(OC)c2)n1. The highest BCUT2D eigenvalue weighted by Gasteiger charge is 2.17. The molecule has 0 aliphatic rings. The van der Waals surface area contributed by atoms with Crippen LogP contribution in [0.3, 0.4) is 0 Å². The molecule has 0 unspecified atom stereocenters. The number of amides is 1. The van der Waals surface area contributed by atoms with E-state index in [9.17, 15) is 10.1 Å². The van der Waals surface area contributed by atoms with Crippen LogP contribution in [0.1, 0.15) is 18.1 Å². The first kappa shape index (κ1) is 26.8. The van der Waals surface area contributed by atoms with Crippen LogP contribution in [0.4, 0.5) is 5.13 Å². The molecular weight excluding hydrogens is 500 g/mol. The van der Waals surface area contributed by atoms with Crippen LogP contribution < -0.4 is 24.3 Å². The summed E-state index contributed by atoms with van der Waals surface area (Å²) in [6, 6.07) is 13.0. The summed E-state index contributed by atoms with van der Waals surface area (Å²) in [4.78, 5) is 16.9. The Morgan fingerprint density at radius 2 is 1.89 bits per heavy atom. The predicted octanol–water partition coefficient (Wildman–Crippen LogP) is 4.98. The molecule has 0 atom stereocenters. The van der Waals surface area contributed by atoms with Crippen molar-refractivity contribution in [3.05, 3.63) is 53.1 Å². The Balaban J connectivity index is 1.72. The second-order valence-corrected chi connectivity index (χ2v) is 9.19. The van der Waals surface area contributed by atoms with Gasteiger partial charge in [0.2, 0.25) is 16.0 Å². The Kier molecular flexibility index (Phi) is 9.97. The topological polar surface area (TPSA) is 116 Å². The largest absolute Gasteiger partial charge is 0.493 e. The molecule has 9 nitrogen and oxygen atoms in total. The molecule has 2 aromatic carbocycles. The number of rotatable bonds is 12. The van der Waals surface area contributed by atoms with E-state index >= 15 is 0 Å². The van der Waals surface area contributed by atoms with Gasteiger partial charge < -0.3 is 18.9 Å². The molecule has 1 amide bonds. The second-order valence-electron chi connectivity index (χ2n) is 7.21. The molecule has 0 aliphatic heterocycles. The minimum atomic E-state index is -0.590. The van der Waals surface area contributed by atoms with Crippen molar-refractivity contribution in [1.82, 2.24) is 9.36 Å². The average molecular weight is 527 g/mol. The molecular formula is C25H26N4O5S2. The van der Waals surface area contributed by atoms with E-state index in [2.05, 4.69) is 14.7 Å². The minimum Gasteiger partial charge on any atom is -0.493 e. The number of nitrogens with zero attached hydrogens (tertiary/aromatic N) is 3. The molecule has 0 fully saturated rings. The molecule has 1 aromatic heterocycles.